The average Bonchev–Trinajstić information content (AvgIpc) is 2.04. The van der Waals surface area contributed by atoms with Crippen LogP contribution in [0.5, 0.6) is 0 Å². The predicted molar refractivity (Wildman–Crippen MR) is 46.9 cm³/mol. The Balaban J connectivity index is 3.42. The van der Waals surface area contributed by atoms with Crippen LogP contribution in [0.4, 0.5) is 11.4 Å². The quantitative estimate of drug-likeness (QED) is 0.240. The van der Waals surface area contributed by atoms with Crippen LogP contribution in [0.25, 0.3) is 10.4 Å². The lowest BCUT2D eigenvalue weighted by molar-refractivity contribution is -0.383. The van der Waals surface area contributed by atoms with Gasteiger partial charge < -0.3 is 0 Å². The Hall–Kier alpha value is -1.78. The Labute approximate surface area is 77.5 Å². The first-order valence-electron chi connectivity index (χ1n) is 3.15. The lowest BCUT2D eigenvalue weighted by Crippen LogP contribution is -1.88. The molecule has 0 radical (unpaired) electrons. The largest absolute Gasteiger partial charge is 0.297 e. The Morgan fingerprint density at radius 3 is 2.85 bits per heavy atom. The van der Waals surface area contributed by atoms with Crippen molar-refractivity contribution in [3.05, 3.63) is 43.8 Å². The van der Waals surface area contributed by atoms with Gasteiger partial charge in [-0.2, -0.15) is 0 Å². The number of rotatable bonds is 2. The van der Waals surface area contributed by atoms with Crippen LogP contribution in [0.3, 0.4) is 0 Å². The van der Waals surface area contributed by atoms with Crippen LogP contribution in [0.15, 0.2) is 23.3 Å². The number of benzene rings is 1. The summed E-state index contributed by atoms with van der Waals surface area (Å²) in [4.78, 5) is 12.2. The van der Waals surface area contributed by atoms with Crippen LogP contribution in [0, 0.1) is 10.1 Å². The summed E-state index contributed by atoms with van der Waals surface area (Å²) in [5.41, 5.74) is 7.65. The van der Waals surface area contributed by atoms with E-state index >= 15 is 0 Å². The maximum Gasteiger partial charge on any atom is 0.297 e. The molecule has 0 atom stereocenters. The molecule has 0 aromatic heterocycles. The van der Waals surface area contributed by atoms with Gasteiger partial charge in [0.15, 0.2) is 0 Å². The molecule has 0 aliphatic rings. The van der Waals surface area contributed by atoms with Gasteiger partial charge in [0.2, 0.25) is 0 Å². The van der Waals surface area contributed by atoms with Gasteiger partial charge in [-0.15, -0.1) is 0 Å². The first kappa shape index (κ1) is 9.31. The van der Waals surface area contributed by atoms with Gasteiger partial charge in [0, 0.05) is 4.91 Å². The smallest absolute Gasteiger partial charge is 0.258 e. The molecule has 0 saturated heterocycles. The molecule has 0 spiro atoms. The fraction of sp³-hybridized carbons (Fsp3) is 0. The first-order valence-corrected chi connectivity index (χ1v) is 3.52. The Kier molecular flexibility index (Phi) is 2.69. The molecule has 0 aliphatic carbocycles. The van der Waals surface area contributed by atoms with Gasteiger partial charge >= 0.3 is 0 Å². The van der Waals surface area contributed by atoms with Crippen LogP contribution in [-0.2, 0) is 0 Å². The Bertz CT molecular complexity index is 400. The van der Waals surface area contributed by atoms with E-state index in [2.05, 4.69) is 10.0 Å². The molecule has 66 valence electrons. The molecule has 1 rings (SSSR count). The van der Waals surface area contributed by atoms with Crippen molar-refractivity contribution >= 4 is 23.0 Å². The molecule has 0 aliphatic heterocycles. The monoisotopic (exact) mass is 198 g/mol. The second kappa shape index (κ2) is 3.75. The van der Waals surface area contributed by atoms with Gasteiger partial charge in [0.25, 0.3) is 5.69 Å². The number of hydrogen-bond donors (Lipinski definition) is 0. The van der Waals surface area contributed by atoms with Gasteiger partial charge in [-0.3, -0.25) is 10.1 Å². The van der Waals surface area contributed by atoms with Crippen LogP contribution < -0.4 is 0 Å². The minimum Gasteiger partial charge on any atom is -0.258 e. The zero-order chi connectivity index (χ0) is 9.84. The minimum atomic E-state index is -0.688. The summed E-state index contributed by atoms with van der Waals surface area (Å²) in [7, 11) is 0. The number of nitro groups is 1. The van der Waals surface area contributed by atoms with E-state index in [9.17, 15) is 10.1 Å². The normalized spacial score (nSPS) is 9.00. The number of nitro benzene ring substituents is 1. The number of halogens is 1. The maximum absolute atomic E-state index is 10.5. The fourth-order valence-electron chi connectivity index (χ4n) is 0.814. The van der Waals surface area contributed by atoms with Crippen molar-refractivity contribution in [2.75, 3.05) is 0 Å². The van der Waals surface area contributed by atoms with Gasteiger partial charge in [-0.25, -0.2) is 0 Å². The SMILES string of the molecule is [N-]=[N+]=Nc1cccc(Cl)c1[N+](=O)[O-]. The van der Waals surface area contributed by atoms with E-state index < -0.39 is 4.92 Å². The predicted octanol–water partition coefficient (Wildman–Crippen LogP) is 3.19. The summed E-state index contributed by atoms with van der Waals surface area (Å²) in [6.45, 7) is 0. The van der Waals surface area contributed by atoms with Crippen molar-refractivity contribution in [1.29, 1.82) is 0 Å². The molecule has 0 heterocycles. The number of nitrogens with zero attached hydrogens (tertiary/aromatic N) is 4. The molecule has 0 amide bonds. The summed E-state index contributed by atoms with van der Waals surface area (Å²) >= 11 is 5.54. The van der Waals surface area contributed by atoms with Gasteiger partial charge in [-0.05, 0) is 17.7 Å². The lowest BCUT2D eigenvalue weighted by Gasteiger charge is -1.96. The highest BCUT2D eigenvalue weighted by Crippen LogP contribution is 2.34. The second-order valence-electron chi connectivity index (χ2n) is 2.05. The van der Waals surface area contributed by atoms with E-state index in [-0.39, 0.29) is 16.4 Å². The van der Waals surface area contributed by atoms with E-state index in [4.69, 9.17) is 17.1 Å². The molecular formula is C6H3ClN4O2. The van der Waals surface area contributed by atoms with Crippen LogP contribution in [0.2, 0.25) is 5.02 Å². The van der Waals surface area contributed by atoms with Crippen molar-refractivity contribution in [3.63, 3.8) is 0 Å². The third-order valence-corrected chi connectivity index (χ3v) is 1.61. The maximum atomic E-state index is 10.5. The van der Waals surface area contributed by atoms with Crippen LogP contribution >= 0.6 is 11.6 Å². The summed E-state index contributed by atoms with van der Waals surface area (Å²) in [6, 6.07) is 4.15. The summed E-state index contributed by atoms with van der Waals surface area (Å²) < 4.78 is 0. The Morgan fingerprint density at radius 2 is 2.31 bits per heavy atom. The van der Waals surface area contributed by atoms with E-state index in [0.717, 1.165) is 0 Å². The zero-order valence-corrected chi connectivity index (χ0v) is 6.97. The minimum absolute atomic E-state index is 0.0464. The van der Waals surface area contributed by atoms with E-state index in [0.29, 0.717) is 0 Å². The third kappa shape index (κ3) is 1.87. The molecule has 0 bridgehead atoms. The first-order chi connectivity index (χ1) is 6.16. The third-order valence-electron chi connectivity index (χ3n) is 1.30. The number of azide groups is 1. The molecule has 0 fully saturated rings. The fourth-order valence-corrected chi connectivity index (χ4v) is 1.05. The van der Waals surface area contributed by atoms with Gasteiger partial charge in [-0.1, -0.05) is 22.8 Å². The highest BCUT2D eigenvalue weighted by molar-refractivity contribution is 6.33. The van der Waals surface area contributed by atoms with Crippen molar-refractivity contribution in [1.82, 2.24) is 0 Å². The second-order valence-corrected chi connectivity index (χ2v) is 2.46. The molecule has 1 aromatic rings. The molecule has 0 unspecified atom stereocenters. The van der Waals surface area contributed by atoms with E-state index in [1.54, 1.807) is 0 Å². The van der Waals surface area contributed by atoms with E-state index in [1.165, 1.54) is 18.2 Å². The van der Waals surface area contributed by atoms with Crippen molar-refractivity contribution in [2.45, 2.75) is 0 Å². The molecule has 1 aromatic carbocycles. The topological polar surface area (TPSA) is 91.9 Å². The molecule has 7 heteroatoms. The van der Waals surface area contributed by atoms with Gasteiger partial charge in [0.1, 0.15) is 10.7 Å². The van der Waals surface area contributed by atoms with Crippen LogP contribution in [0.1, 0.15) is 0 Å². The Morgan fingerprint density at radius 1 is 1.62 bits per heavy atom. The van der Waals surface area contributed by atoms with Crippen LogP contribution in [-0.4, -0.2) is 4.92 Å². The standard InChI is InChI=1S/C6H3ClN4O2/c7-4-2-1-3-5(9-10-8)6(4)11(12)13/h1-3H. The molecule has 13 heavy (non-hydrogen) atoms. The molecule has 0 saturated carbocycles. The summed E-state index contributed by atoms with van der Waals surface area (Å²) in [5, 5.41) is 13.6. The van der Waals surface area contributed by atoms with Crippen molar-refractivity contribution < 1.29 is 4.92 Å². The lowest BCUT2D eigenvalue weighted by atomic mass is 10.3. The highest BCUT2D eigenvalue weighted by atomic mass is 35.5. The average molecular weight is 199 g/mol. The zero-order valence-electron chi connectivity index (χ0n) is 6.22. The molecular weight excluding hydrogens is 196 g/mol. The number of para-hydroxylation sites is 1. The number of hydrogen-bond acceptors (Lipinski definition) is 3. The van der Waals surface area contributed by atoms with Crippen molar-refractivity contribution in [2.24, 2.45) is 5.11 Å². The van der Waals surface area contributed by atoms with Crippen molar-refractivity contribution in [3.8, 4) is 0 Å². The summed E-state index contributed by atoms with van der Waals surface area (Å²) in [6.07, 6.45) is 0. The summed E-state index contributed by atoms with van der Waals surface area (Å²) in [5.74, 6) is 0. The highest BCUT2D eigenvalue weighted by Gasteiger charge is 2.16. The van der Waals surface area contributed by atoms with E-state index in [1.807, 2.05) is 0 Å². The molecule has 0 N–H and O–H groups in total. The molecule has 6 nitrogen and oxygen atoms in total. The van der Waals surface area contributed by atoms with Gasteiger partial charge in [0.05, 0.1) is 4.92 Å².